The minimum atomic E-state index is -0.0571. The molecule has 2 heterocycles. The van der Waals surface area contributed by atoms with Gasteiger partial charge in [-0.15, -0.1) is 0 Å². The SMILES string of the molecule is CCn1nc(C)c([C@H](C)NC(=O)Cn2cccn2)c1C. The second-order valence-corrected chi connectivity index (χ2v) is 4.89. The van der Waals surface area contributed by atoms with E-state index >= 15 is 0 Å². The lowest BCUT2D eigenvalue weighted by Crippen LogP contribution is -2.30. The van der Waals surface area contributed by atoms with Crippen LogP contribution >= 0.6 is 0 Å². The maximum atomic E-state index is 12.0. The molecule has 2 aromatic heterocycles. The van der Waals surface area contributed by atoms with E-state index in [-0.39, 0.29) is 18.5 Å². The molecule has 20 heavy (non-hydrogen) atoms. The smallest absolute Gasteiger partial charge is 0.242 e. The van der Waals surface area contributed by atoms with Gasteiger partial charge < -0.3 is 5.32 Å². The van der Waals surface area contributed by atoms with E-state index in [1.165, 1.54) is 0 Å². The highest BCUT2D eigenvalue weighted by molar-refractivity contribution is 5.76. The predicted octanol–water partition coefficient (Wildman–Crippen LogP) is 1.59. The van der Waals surface area contributed by atoms with Crippen molar-refractivity contribution < 1.29 is 4.79 Å². The molecular weight excluding hydrogens is 254 g/mol. The minimum absolute atomic E-state index is 0.0516. The van der Waals surface area contributed by atoms with Crippen molar-refractivity contribution in [2.75, 3.05) is 0 Å². The summed E-state index contributed by atoms with van der Waals surface area (Å²) in [6.45, 7) is 9.12. The van der Waals surface area contributed by atoms with Crippen LogP contribution in [0.2, 0.25) is 0 Å². The third-order valence-electron chi connectivity index (χ3n) is 3.41. The lowest BCUT2D eigenvalue weighted by Gasteiger charge is -2.15. The highest BCUT2D eigenvalue weighted by Crippen LogP contribution is 2.21. The molecule has 0 aromatic carbocycles. The summed E-state index contributed by atoms with van der Waals surface area (Å²) in [5, 5.41) is 11.5. The number of rotatable bonds is 5. The molecule has 108 valence electrons. The molecule has 0 aliphatic carbocycles. The van der Waals surface area contributed by atoms with Crippen molar-refractivity contribution in [2.45, 2.75) is 46.8 Å². The fourth-order valence-electron chi connectivity index (χ4n) is 2.55. The van der Waals surface area contributed by atoms with E-state index in [0.29, 0.717) is 0 Å². The molecule has 2 rings (SSSR count). The first-order valence-electron chi connectivity index (χ1n) is 6.83. The van der Waals surface area contributed by atoms with E-state index in [0.717, 1.165) is 23.5 Å². The molecule has 6 heteroatoms. The summed E-state index contributed by atoms with van der Waals surface area (Å²) >= 11 is 0. The lowest BCUT2D eigenvalue weighted by molar-refractivity contribution is -0.122. The second-order valence-electron chi connectivity index (χ2n) is 4.89. The van der Waals surface area contributed by atoms with Gasteiger partial charge in [0.25, 0.3) is 0 Å². The Labute approximate surface area is 118 Å². The van der Waals surface area contributed by atoms with E-state index in [9.17, 15) is 4.79 Å². The zero-order valence-corrected chi connectivity index (χ0v) is 12.4. The molecule has 1 atom stereocenters. The molecule has 0 saturated heterocycles. The predicted molar refractivity (Wildman–Crippen MR) is 76.2 cm³/mol. The van der Waals surface area contributed by atoms with Crippen LogP contribution in [0.25, 0.3) is 0 Å². The Kier molecular flexibility index (Phi) is 4.22. The molecule has 0 radical (unpaired) electrons. The first kappa shape index (κ1) is 14.3. The van der Waals surface area contributed by atoms with Crippen LogP contribution in [-0.4, -0.2) is 25.5 Å². The van der Waals surface area contributed by atoms with Gasteiger partial charge in [-0.05, 0) is 33.8 Å². The molecule has 0 saturated carbocycles. The standard InChI is InChI=1S/C14H21N5O/c1-5-19-12(4)14(11(3)17-19)10(2)16-13(20)9-18-8-6-7-15-18/h6-8,10H,5,9H2,1-4H3,(H,16,20)/t10-/m0/s1. The zero-order valence-electron chi connectivity index (χ0n) is 12.4. The highest BCUT2D eigenvalue weighted by atomic mass is 16.2. The number of amides is 1. The summed E-state index contributed by atoms with van der Waals surface area (Å²) in [6.07, 6.45) is 3.44. The lowest BCUT2D eigenvalue weighted by atomic mass is 10.1. The summed E-state index contributed by atoms with van der Waals surface area (Å²) < 4.78 is 3.57. The zero-order chi connectivity index (χ0) is 14.7. The molecule has 0 fully saturated rings. The normalized spacial score (nSPS) is 12.4. The fourth-order valence-corrected chi connectivity index (χ4v) is 2.55. The van der Waals surface area contributed by atoms with E-state index < -0.39 is 0 Å². The molecule has 0 unspecified atom stereocenters. The van der Waals surface area contributed by atoms with Crippen LogP contribution in [0.4, 0.5) is 0 Å². The van der Waals surface area contributed by atoms with E-state index in [1.54, 1.807) is 23.1 Å². The van der Waals surface area contributed by atoms with Crippen molar-refractivity contribution in [1.82, 2.24) is 24.9 Å². The van der Waals surface area contributed by atoms with Crippen molar-refractivity contribution in [3.05, 3.63) is 35.4 Å². The molecule has 0 aliphatic heterocycles. The first-order chi connectivity index (χ1) is 9.52. The van der Waals surface area contributed by atoms with Gasteiger partial charge in [0.2, 0.25) is 5.91 Å². The van der Waals surface area contributed by atoms with Gasteiger partial charge in [-0.1, -0.05) is 0 Å². The molecule has 0 spiro atoms. The number of aryl methyl sites for hydroxylation is 2. The molecule has 2 aromatic rings. The van der Waals surface area contributed by atoms with Crippen LogP contribution < -0.4 is 5.32 Å². The third-order valence-corrected chi connectivity index (χ3v) is 3.41. The summed E-state index contributed by atoms with van der Waals surface area (Å²) in [5.41, 5.74) is 3.17. The number of aromatic nitrogens is 4. The van der Waals surface area contributed by atoms with Crippen LogP contribution in [0.1, 0.15) is 36.8 Å². The first-order valence-corrected chi connectivity index (χ1v) is 6.83. The van der Waals surface area contributed by atoms with Gasteiger partial charge in [0.05, 0.1) is 11.7 Å². The van der Waals surface area contributed by atoms with Crippen molar-refractivity contribution in [3.63, 3.8) is 0 Å². The maximum Gasteiger partial charge on any atom is 0.242 e. The van der Waals surface area contributed by atoms with Gasteiger partial charge in [0, 0.05) is 30.2 Å². The van der Waals surface area contributed by atoms with Gasteiger partial charge in [-0.25, -0.2) is 0 Å². The Bertz CT molecular complexity index is 585. The molecule has 0 bridgehead atoms. The number of carbonyl (C=O) groups is 1. The summed E-state index contributed by atoms with van der Waals surface area (Å²) in [5.74, 6) is -0.0516. The molecule has 6 nitrogen and oxygen atoms in total. The summed E-state index contributed by atoms with van der Waals surface area (Å²) in [4.78, 5) is 12.0. The summed E-state index contributed by atoms with van der Waals surface area (Å²) in [6, 6.07) is 1.74. The Morgan fingerprint density at radius 1 is 1.45 bits per heavy atom. The van der Waals surface area contributed by atoms with Crippen LogP contribution in [0.5, 0.6) is 0 Å². The maximum absolute atomic E-state index is 12.0. The fraction of sp³-hybridized carbons (Fsp3) is 0.500. The number of hydrogen-bond donors (Lipinski definition) is 1. The molecule has 1 N–H and O–H groups in total. The Morgan fingerprint density at radius 2 is 2.20 bits per heavy atom. The minimum Gasteiger partial charge on any atom is -0.348 e. The average Bonchev–Trinajstić information content (AvgIpc) is 2.97. The van der Waals surface area contributed by atoms with Gasteiger partial charge in [-0.2, -0.15) is 10.2 Å². The largest absolute Gasteiger partial charge is 0.348 e. The second kappa shape index (κ2) is 5.90. The topological polar surface area (TPSA) is 64.7 Å². The highest BCUT2D eigenvalue weighted by Gasteiger charge is 2.18. The Hall–Kier alpha value is -2.11. The average molecular weight is 275 g/mol. The Morgan fingerprint density at radius 3 is 2.75 bits per heavy atom. The van der Waals surface area contributed by atoms with E-state index in [2.05, 4.69) is 22.4 Å². The third kappa shape index (κ3) is 2.89. The quantitative estimate of drug-likeness (QED) is 0.901. The van der Waals surface area contributed by atoms with Crippen LogP contribution in [0.15, 0.2) is 18.5 Å². The van der Waals surface area contributed by atoms with E-state index in [4.69, 9.17) is 0 Å². The van der Waals surface area contributed by atoms with Crippen LogP contribution in [0, 0.1) is 13.8 Å². The van der Waals surface area contributed by atoms with Crippen LogP contribution in [0.3, 0.4) is 0 Å². The van der Waals surface area contributed by atoms with Gasteiger partial charge in [0.1, 0.15) is 6.54 Å². The number of nitrogens with one attached hydrogen (secondary N) is 1. The van der Waals surface area contributed by atoms with Crippen molar-refractivity contribution in [3.8, 4) is 0 Å². The molecule has 0 aliphatic rings. The van der Waals surface area contributed by atoms with Gasteiger partial charge >= 0.3 is 0 Å². The Balaban J connectivity index is 2.06. The summed E-state index contributed by atoms with van der Waals surface area (Å²) in [7, 11) is 0. The number of carbonyl (C=O) groups excluding carboxylic acids is 1. The van der Waals surface area contributed by atoms with E-state index in [1.807, 2.05) is 25.5 Å². The van der Waals surface area contributed by atoms with Gasteiger partial charge in [0.15, 0.2) is 0 Å². The monoisotopic (exact) mass is 275 g/mol. The van der Waals surface area contributed by atoms with Crippen molar-refractivity contribution >= 4 is 5.91 Å². The van der Waals surface area contributed by atoms with Crippen molar-refractivity contribution in [1.29, 1.82) is 0 Å². The molecular formula is C14H21N5O. The number of hydrogen-bond acceptors (Lipinski definition) is 3. The van der Waals surface area contributed by atoms with Crippen molar-refractivity contribution in [2.24, 2.45) is 0 Å². The number of nitrogens with zero attached hydrogens (tertiary/aromatic N) is 4. The van der Waals surface area contributed by atoms with Crippen LogP contribution in [-0.2, 0) is 17.9 Å². The molecule has 1 amide bonds. The van der Waals surface area contributed by atoms with Gasteiger partial charge in [-0.3, -0.25) is 14.2 Å².